The highest BCUT2D eigenvalue weighted by atomic mass is 32.2. The summed E-state index contributed by atoms with van der Waals surface area (Å²) < 4.78 is 26.9. The van der Waals surface area contributed by atoms with E-state index in [1.807, 2.05) is 0 Å². The van der Waals surface area contributed by atoms with E-state index < -0.39 is 10.0 Å². The monoisotopic (exact) mass is 299 g/mol. The van der Waals surface area contributed by atoms with Crippen LogP contribution in [0, 0.1) is 5.41 Å². The number of H-pyrrole nitrogens is 1. The Kier molecular flexibility index (Phi) is 4.56. The Hall–Kier alpha value is -0.850. The third-order valence-electron chi connectivity index (χ3n) is 3.35. The molecule has 2 rings (SSSR count). The van der Waals surface area contributed by atoms with E-state index in [1.54, 1.807) is 12.3 Å². The van der Waals surface area contributed by atoms with Crippen molar-refractivity contribution in [2.45, 2.75) is 57.5 Å². The first-order valence-electron chi connectivity index (χ1n) is 7.17. The maximum atomic E-state index is 12.1. The van der Waals surface area contributed by atoms with Gasteiger partial charge in [-0.25, -0.2) is 13.1 Å². The minimum atomic E-state index is -3.39. The maximum Gasteiger partial charge on any atom is 0.242 e. The molecule has 0 unspecified atom stereocenters. The van der Waals surface area contributed by atoms with Crippen LogP contribution in [0.25, 0.3) is 0 Å². The van der Waals surface area contributed by atoms with Crippen molar-refractivity contribution in [3.05, 3.63) is 18.0 Å². The van der Waals surface area contributed by atoms with E-state index in [9.17, 15) is 8.42 Å². The molecule has 1 fully saturated rings. The smallest absolute Gasteiger partial charge is 0.242 e. The molecule has 0 amide bonds. The largest absolute Gasteiger partial charge is 0.363 e. The molecule has 0 spiro atoms. The molecule has 0 bridgehead atoms. The van der Waals surface area contributed by atoms with Gasteiger partial charge in [0, 0.05) is 31.0 Å². The predicted molar refractivity (Wildman–Crippen MR) is 79.9 cm³/mol. The average Bonchev–Trinajstić information content (AvgIpc) is 3.01. The number of rotatable bonds is 7. The van der Waals surface area contributed by atoms with Crippen molar-refractivity contribution in [2.75, 3.05) is 6.54 Å². The summed E-state index contributed by atoms with van der Waals surface area (Å²) in [7, 11) is -3.39. The van der Waals surface area contributed by atoms with Gasteiger partial charge in [0.25, 0.3) is 0 Å². The third-order valence-corrected chi connectivity index (χ3v) is 4.79. The van der Waals surface area contributed by atoms with Gasteiger partial charge >= 0.3 is 0 Å². The van der Waals surface area contributed by atoms with Crippen LogP contribution in [0.3, 0.4) is 0 Å². The zero-order chi connectivity index (χ0) is 14.8. The number of aromatic nitrogens is 1. The van der Waals surface area contributed by atoms with Gasteiger partial charge in [0.05, 0.1) is 4.90 Å². The van der Waals surface area contributed by atoms with Crippen LogP contribution in [0.5, 0.6) is 0 Å². The second-order valence-corrected chi connectivity index (χ2v) is 8.49. The van der Waals surface area contributed by atoms with Crippen LogP contribution in [-0.4, -0.2) is 26.0 Å². The van der Waals surface area contributed by atoms with Gasteiger partial charge < -0.3 is 10.3 Å². The van der Waals surface area contributed by atoms with Crippen molar-refractivity contribution in [1.29, 1.82) is 0 Å². The van der Waals surface area contributed by atoms with Crippen molar-refractivity contribution in [2.24, 2.45) is 5.41 Å². The van der Waals surface area contributed by atoms with Gasteiger partial charge in [-0.3, -0.25) is 0 Å². The molecule has 1 aliphatic rings. The highest BCUT2D eigenvalue weighted by Gasteiger charge is 2.21. The first-order chi connectivity index (χ1) is 9.26. The Balaban J connectivity index is 1.87. The van der Waals surface area contributed by atoms with Gasteiger partial charge in [0.15, 0.2) is 0 Å². The lowest BCUT2D eigenvalue weighted by molar-refractivity contribution is 0.378. The van der Waals surface area contributed by atoms with Crippen LogP contribution in [0.15, 0.2) is 17.2 Å². The topological polar surface area (TPSA) is 74.0 Å². The lowest BCUT2D eigenvalue weighted by Crippen LogP contribution is -2.27. The van der Waals surface area contributed by atoms with Gasteiger partial charge in [-0.05, 0) is 30.7 Å². The van der Waals surface area contributed by atoms with Crippen LogP contribution >= 0.6 is 0 Å². The number of hydrogen-bond acceptors (Lipinski definition) is 3. The van der Waals surface area contributed by atoms with Crippen LogP contribution in [0.1, 0.15) is 45.7 Å². The summed E-state index contributed by atoms with van der Waals surface area (Å²) in [6, 6.07) is 2.32. The average molecular weight is 299 g/mol. The first kappa shape index (κ1) is 15.5. The summed E-state index contributed by atoms with van der Waals surface area (Å²) in [5.41, 5.74) is 1.04. The second-order valence-electron chi connectivity index (χ2n) is 6.72. The summed E-state index contributed by atoms with van der Waals surface area (Å²) in [4.78, 5) is 3.34. The van der Waals surface area contributed by atoms with Crippen molar-refractivity contribution >= 4 is 10.0 Å². The fourth-order valence-electron chi connectivity index (χ4n) is 1.86. The Morgan fingerprint density at radius 3 is 2.65 bits per heavy atom. The zero-order valence-corrected chi connectivity index (χ0v) is 13.3. The van der Waals surface area contributed by atoms with Crippen molar-refractivity contribution in [3.63, 3.8) is 0 Å². The summed E-state index contributed by atoms with van der Waals surface area (Å²) in [5.74, 6) is 0. The van der Waals surface area contributed by atoms with Crippen molar-refractivity contribution in [1.82, 2.24) is 15.0 Å². The number of hydrogen-bond donors (Lipinski definition) is 3. The Bertz CT molecular complexity index is 539. The molecule has 1 aliphatic carbocycles. The minimum absolute atomic E-state index is 0.125. The Morgan fingerprint density at radius 1 is 1.35 bits per heavy atom. The minimum Gasteiger partial charge on any atom is -0.363 e. The molecule has 114 valence electrons. The normalized spacial score (nSPS) is 16.6. The Labute approximate surface area is 121 Å². The molecule has 1 saturated carbocycles. The fraction of sp³-hybridized carbons (Fsp3) is 0.714. The molecular formula is C14H25N3O2S. The van der Waals surface area contributed by atoms with Gasteiger partial charge in [0.1, 0.15) is 0 Å². The third kappa shape index (κ3) is 4.92. The number of sulfonamides is 1. The molecule has 1 heterocycles. The van der Waals surface area contributed by atoms with Crippen molar-refractivity contribution in [3.8, 4) is 0 Å². The number of nitrogens with one attached hydrogen (secondary N) is 3. The highest BCUT2D eigenvalue weighted by Crippen LogP contribution is 2.20. The molecule has 0 aliphatic heterocycles. The van der Waals surface area contributed by atoms with Crippen LogP contribution in [0.4, 0.5) is 0 Å². The molecule has 1 aromatic heterocycles. The molecular weight excluding hydrogens is 274 g/mol. The lowest BCUT2D eigenvalue weighted by atomic mass is 9.93. The predicted octanol–water partition coefficient (Wildman–Crippen LogP) is 1.98. The number of aromatic amines is 1. The SMILES string of the molecule is CC(C)(C)CCNS(=O)(=O)c1c[nH]c(CNC2CC2)c1. The Morgan fingerprint density at radius 2 is 2.05 bits per heavy atom. The molecule has 0 aromatic carbocycles. The standard InChI is InChI=1S/C14H25N3O2S/c1-14(2,3)6-7-17-20(18,19)13-8-12(16-10-13)9-15-11-4-5-11/h8,10-11,15-17H,4-7,9H2,1-3H3. The van der Waals surface area contributed by atoms with E-state index in [-0.39, 0.29) is 5.41 Å². The van der Waals surface area contributed by atoms with Gasteiger partial charge in [0.2, 0.25) is 10.0 Å². The van der Waals surface area contributed by atoms with Crippen LogP contribution < -0.4 is 10.0 Å². The van der Waals surface area contributed by atoms with E-state index in [4.69, 9.17) is 0 Å². The summed E-state index contributed by atoms with van der Waals surface area (Å²) >= 11 is 0. The van der Waals surface area contributed by atoms with Crippen LogP contribution in [-0.2, 0) is 16.6 Å². The fourth-order valence-corrected chi connectivity index (χ4v) is 2.91. The molecule has 0 atom stereocenters. The molecule has 5 nitrogen and oxygen atoms in total. The molecule has 3 N–H and O–H groups in total. The van der Waals surface area contributed by atoms with Gasteiger partial charge in [-0.2, -0.15) is 0 Å². The van der Waals surface area contributed by atoms with E-state index in [2.05, 4.69) is 35.8 Å². The van der Waals surface area contributed by atoms with Gasteiger partial charge in [-0.15, -0.1) is 0 Å². The molecule has 20 heavy (non-hydrogen) atoms. The van der Waals surface area contributed by atoms with E-state index in [1.165, 1.54) is 12.8 Å². The van der Waals surface area contributed by atoms with Crippen molar-refractivity contribution < 1.29 is 8.42 Å². The van der Waals surface area contributed by atoms with Gasteiger partial charge in [-0.1, -0.05) is 20.8 Å². The first-order valence-corrected chi connectivity index (χ1v) is 8.65. The molecule has 0 saturated heterocycles. The molecule has 0 radical (unpaired) electrons. The zero-order valence-electron chi connectivity index (χ0n) is 12.5. The summed E-state index contributed by atoms with van der Waals surface area (Å²) in [5, 5.41) is 3.35. The summed E-state index contributed by atoms with van der Waals surface area (Å²) in [6.45, 7) is 7.45. The summed E-state index contributed by atoms with van der Waals surface area (Å²) in [6.07, 6.45) is 4.82. The van der Waals surface area contributed by atoms with E-state index >= 15 is 0 Å². The van der Waals surface area contributed by atoms with E-state index in [0.717, 1.165) is 12.1 Å². The second kappa shape index (κ2) is 5.87. The van der Waals surface area contributed by atoms with E-state index in [0.29, 0.717) is 24.0 Å². The molecule has 1 aromatic rings. The maximum absolute atomic E-state index is 12.1. The molecule has 6 heteroatoms. The lowest BCUT2D eigenvalue weighted by Gasteiger charge is -2.17. The highest BCUT2D eigenvalue weighted by molar-refractivity contribution is 7.89. The quantitative estimate of drug-likeness (QED) is 0.721. The van der Waals surface area contributed by atoms with Crippen LogP contribution in [0.2, 0.25) is 0 Å².